The number of hydrogen-bond acceptors (Lipinski definition) is 1. The molecule has 2 nitrogen and oxygen atoms in total. The molecule has 0 aromatic heterocycles. The average Bonchev–Trinajstić information content (AvgIpc) is 2.58. The van der Waals surface area contributed by atoms with Crippen molar-refractivity contribution in [3.63, 3.8) is 0 Å². The molecule has 1 N–H and O–H groups in total. The summed E-state index contributed by atoms with van der Waals surface area (Å²) in [4.78, 5) is 11.3. The van der Waals surface area contributed by atoms with Crippen LogP contribution in [-0.2, 0) is 4.79 Å². The van der Waals surface area contributed by atoms with Gasteiger partial charge in [-0.15, -0.1) is 23.2 Å². The number of alkyl halides is 2. The van der Waals surface area contributed by atoms with Crippen molar-refractivity contribution in [3.8, 4) is 0 Å². The van der Waals surface area contributed by atoms with Gasteiger partial charge in [-0.3, -0.25) is 4.79 Å². The molecule has 0 amide bonds. The summed E-state index contributed by atoms with van der Waals surface area (Å²) in [7, 11) is 0. The van der Waals surface area contributed by atoms with E-state index in [4.69, 9.17) is 23.2 Å². The maximum atomic E-state index is 11.3. The molecule has 1 aliphatic rings. The van der Waals surface area contributed by atoms with Crippen LogP contribution in [0.15, 0.2) is 48.5 Å². The lowest BCUT2D eigenvalue weighted by Crippen LogP contribution is -2.09. The summed E-state index contributed by atoms with van der Waals surface area (Å²) in [6.45, 7) is 0. The Kier molecular flexibility index (Phi) is 3.92. The highest BCUT2D eigenvalue weighted by atomic mass is 35.5. The van der Waals surface area contributed by atoms with Gasteiger partial charge in [0.2, 0.25) is 0 Å². The molecule has 2 unspecified atom stereocenters. The van der Waals surface area contributed by atoms with Crippen LogP contribution in [0.5, 0.6) is 0 Å². The molecule has 0 heterocycles. The fourth-order valence-electron chi connectivity index (χ4n) is 3.04. The first-order valence-corrected chi connectivity index (χ1v) is 7.64. The van der Waals surface area contributed by atoms with Gasteiger partial charge in [-0.1, -0.05) is 48.5 Å². The standard InChI is InChI=1S/C17H14Cl2O2/c18-16-12-7-3-1-5-10(12)14(9-15(20)21)11-6-2-4-8-13(11)17(16)19/h1-8,14,16-17H,9H2,(H,20,21). The van der Waals surface area contributed by atoms with E-state index in [9.17, 15) is 9.90 Å². The first kappa shape index (κ1) is 14.4. The predicted molar refractivity (Wildman–Crippen MR) is 84.2 cm³/mol. The van der Waals surface area contributed by atoms with Crippen molar-refractivity contribution in [2.24, 2.45) is 0 Å². The highest BCUT2D eigenvalue weighted by Crippen LogP contribution is 2.49. The highest BCUT2D eigenvalue weighted by Gasteiger charge is 2.34. The third-order valence-electron chi connectivity index (χ3n) is 3.97. The summed E-state index contributed by atoms with van der Waals surface area (Å²) in [6.07, 6.45) is 0.0290. The summed E-state index contributed by atoms with van der Waals surface area (Å²) >= 11 is 13.1. The Morgan fingerprint density at radius 3 is 1.62 bits per heavy atom. The third kappa shape index (κ3) is 2.54. The van der Waals surface area contributed by atoms with Gasteiger partial charge in [-0.05, 0) is 22.3 Å². The van der Waals surface area contributed by atoms with Crippen molar-refractivity contribution in [1.29, 1.82) is 0 Å². The normalized spacial score (nSPS) is 23.8. The maximum absolute atomic E-state index is 11.3. The van der Waals surface area contributed by atoms with Crippen LogP contribution in [0.1, 0.15) is 45.3 Å². The van der Waals surface area contributed by atoms with E-state index < -0.39 is 5.97 Å². The molecule has 0 aliphatic heterocycles. The van der Waals surface area contributed by atoms with Gasteiger partial charge in [0.25, 0.3) is 0 Å². The fourth-order valence-corrected chi connectivity index (χ4v) is 3.71. The molecule has 2 atom stereocenters. The quantitative estimate of drug-likeness (QED) is 0.802. The minimum absolute atomic E-state index is 0.0290. The Balaban J connectivity index is 2.26. The molecule has 2 aromatic rings. The summed E-state index contributed by atoms with van der Waals surface area (Å²) in [6, 6.07) is 15.4. The molecule has 3 rings (SSSR count). The Labute approximate surface area is 133 Å². The van der Waals surface area contributed by atoms with Gasteiger partial charge in [0.1, 0.15) is 0 Å². The number of fused-ring (bicyclic) bond motifs is 2. The molecular formula is C17H14Cl2O2. The van der Waals surface area contributed by atoms with Gasteiger partial charge in [0.05, 0.1) is 17.2 Å². The minimum Gasteiger partial charge on any atom is -0.481 e. The smallest absolute Gasteiger partial charge is 0.304 e. The van der Waals surface area contributed by atoms with Crippen LogP contribution in [0.2, 0.25) is 0 Å². The zero-order valence-electron chi connectivity index (χ0n) is 11.2. The molecule has 0 bridgehead atoms. The molecule has 108 valence electrons. The van der Waals surface area contributed by atoms with Crippen LogP contribution >= 0.6 is 23.2 Å². The summed E-state index contributed by atoms with van der Waals surface area (Å²) in [5, 5.41) is 8.53. The van der Waals surface area contributed by atoms with E-state index in [0.29, 0.717) is 0 Å². The first-order chi connectivity index (χ1) is 10.1. The fraction of sp³-hybridized carbons (Fsp3) is 0.235. The van der Waals surface area contributed by atoms with E-state index >= 15 is 0 Å². The molecule has 21 heavy (non-hydrogen) atoms. The Morgan fingerprint density at radius 2 is 1.24 bits per heavy atom. The monoisotopic (exact) mass is 320 g/mol. The maximum Gasteiger partial charge on any atom is 0.304 e. The minimum atomic E-state index is -0.830. The van der Waals surface area contributed by atoms with Gasteiger partial charge < -0.3 is 5.11 Å². The number of rotatable bonds is 2. The van der Waals surface area contributed by atoms with Crippen molar-refractivity contribution >= 4 is 29.2 Å². The van der Waals surface area contributed by atoms with Gasteiger partial charge in [-0.25, -0.2) is 0 Å². The lowest BCUT2D eigenvalue weighted by atomic mass is 9.86. The molecule has 4 heteroatoms. The van der Waals surface area contributed by atoms with Crippen LogP contribution in [0.3, 0.4) is 0 Å². The van der Waals surface area contributed by atoms with E-state index in [1.165, 1.54) is 0 Å². The van der Waals surface area contributed by atoms with Gasteiger partial charge in [-0.2, -0.15) is 0 Å². The van der Waals surface area contributed by atoms with Gasteiger partial charge in [0, 0.05) is 5.92 Å². The lowest BCUT2D eigenvalue weighted by molar-refractivity contribution is -0.137. The van der Waals surface area contributed by atoms with E-state index in [0.717, 1.165) is 22.3 Å². The second-order valence-corrected chi connectivity index (χ2v) is 6.15. The van der Waals surface area contributed by atoms with Crippen molar-refractivity contribution in [2.45, 2.75) is 23.1 Å². The summed E-state index contributed by atoms with van der Waals surface area (Å²) < 4.78 is 0. The van der Waals surface area contributed by atoms with E-state index in [1.54, 1.807) is 0 Å². The average molecular weight is 321 g/mol. The second kappa shape index (κ2) is 5.70. The molecule has 0 radical (unpaired) electrons. The second-order valence-electron chi connectivity index (χ2n) is 5.21. The molecule has 2 aromatic carbocycles. The van der Waals surface area contributed by atoms with Gasteiger partial charge in [0.15, 0.2) is 0 Å². The van der Waals surface area contributed by atoms with Crippen LogP contribution in [-0.4, -0.2) is 11.1 Å². The number of aliphatic carboxylic acids is 1. The van der Waals surface area contributed by atoms with Crippen molar-refractivity contribution in [1.82, 2.24) is 0 Å². The number of hydrogen-bond donors (Lipinski definition) is 1. The van der Waals surface area contributed by atoms with E-state index in [2.05, 4.69) is 0 Å². The SMILES string of the molecule is O=C(O)CC1c2ccccc2C(Cl)C(Cl)c2ccccc21. The first-order valence-electron chi connectivity index (χ1n) is 6.77. The number of carboxylic acids is 1. The number of halogens is 2. The molecular weight excluding hydrogens is 307 g/mol. The highest BCUT2D eigenvalue weighted by molar-refractivity contribution is 6.30. The summed E-state index contributed by atoms with van der Waals surface area (Å²) in [5.74, 6) is -1.05. The number of carboxylic acid groups (broad SMARTS) is 1. The zero-order valence-corrected chi connectivity index (χ0v) is 12.7. The Morgan fingerprint density at radius 1 is 0.857 bits per heavy atom. The van der Waals surface area contributed by atoms with Crippen LogP contribution < -0.4 is 0 Å². The van der Waals surface area contributed by atoms with Crippen molar-refractivity contribution < 1.29 is 9.90 Å². The lowest BCUT2D eigenvalue weighted by Gasteiger charge is -2.18. The molecule has 0 saturated carbocycles. The molecule has 0 spiro atoms. The topological polar surface area (TPSA) is 37.3 Å². The van der Waals surface area contributed by atoms with Crippen LogP contribution in [0.4, 0.5) is 0 Å². The number of carbonyl (C=O) groups is 1. The summed E-state index contributed by atoms with van der Waals surface area (Å²) in [5.41, 5.74) is 3.74. The Bertz CT molecular complexity index is 632. The zero-order chi connectivity index (χ0) is 15.0. The third-order valence-corrected chi connectivity index (χ3v) is 5.08. The van der Waals surface area contributed by atoms with Gasteiger partial charge >= 0.3 is 5.97 Å². The van der Waals surface area contributed by atoms with Crippen molar-refractivity contribution in [3.05, 3.63) is 70.8 Å². The number of benzene rings is 2. The largest absolute Gasteiger partial charge is 0.481 e. The van der Waals surface area contributed by atoms with Crippen molar-refractivity contribution in [2.75, 3.05) is 0 Å². The van der Waals surface area contributed by atoms with E-state index in [-0.39, 0.29) is 23.1 Å². The van der Waals surface area contributed by atoms with E-state index in [1.807, 2.05) is 48.5 Å². The van der Waals surface area contributed by atoms with Crippen LogP contribution in [0.25, 0.3) is 0 Å². The molecule has 0 saturated heterocycles. The molecule has 0 fully saturated rings. The predicted octanol–water partition coefficient (Wildman–Crippen LogP) is 4.87. The Hall–Kier alpha value is -1.51. The van der Waals surface area contributed by atoms with Crippen LogP contribution in [0, 0.1) is 0 Å². The molecule has 1 aliphatic carbocycles.